The summed E-state index contributed by atoms with van der Waals surface area (Å²) in [6.45, 7) is 0.0636. The topological polar surface area (TPSA) is 74.6 Å². The molecule has 0 unspecified atom stereocenters. The van der Waals surface area contributed by atoms with Crippen LogP contribution in [0.15, 0.2) is 77.7 Å². The summed E-state index contributed by atoms with van der Waals surface area (Å²) < 4.78 is 11.6. The summed E-state index contributed by atoms with van der Waals surface area (Å²) in [7, 11) is 0. The molecule has 2 aromatic carbocycles. The van der Waals surface area contributed by atoms with Crippen molar-refractivity contribution in [1.82, 2.24) is 4.57 Å². The molecule has 0 saturated heterocycles. The highest BCUT2D eigenvalue weighted by atomic mass is 35.5. The summed E-state index contributed by atoms with van der Waals surface area (Å²) in [5.74, 6) is -1.11. The Balaban J connectivity index is 1.56. The van der Waals surface area contributed by atoms with Gasteiger partial charge in [-0.05, 0) is 29.8 Å². The molecule has 148 valence electrons. The summed E-state index contributed by atoms with van der Waals surface area (Å²) in [6.07, 6.45) is 1.42. The Morgan fingerprint density at radius 3 is 2.10 bits per heavy atom. The van der Waals surface area contributed by atoms with Gasteiger partial charge >= 0.3 is 11.9 Å². The highest BCUT2D eigenvalue weighted by molar-refractivity contribution is 6.31. The summed E-state index contributed by atoms with van der Waals surface area (Å²) in [6, 6.07) is 18.4. The molecule has 7 heteroatoms. The first-order chi connectivity index (χ1) is 14.0. The maximum absolute atomic E-state index is 12.2. The molecular weight excluding hydrogens is 394 g/mol. The number of halogens is 1. The molecule has 0 spiro atoms. The van der Waals surface area contributed by atoms with Gasteiger partial charge in [0.15, 0.2) is 0 Å². The summed E-state index contributed by atoms with van der Waals surface area (Å²) in [5.41, 5.74) is 1.13. The fourth-order valence-electron chi connectivity index (χ4n) is 2.60. The number of carbonyl (C=O) groups excluding carboxylic acids is 2. The minimum Gasteiger partial charge on any atom is -0.458 e. The number of carbonyl (C=O) groups is 2. The van der Waals surface area contributed by atoms with Crippen molar-refractivity contribution in [3.63, 3.8) is 0 Å². The normalized spacial score (nSPS) is 10.4. The number of pyridine rings is 1. The molecular formula is C22H18ClNO5. The fourth-order valence-corrected chi connectivity index (χ4v) is 2.79. The minimum absolute atomic E-state index is 0.0707. The molecule has 0 bridgehead atoms. The van der Waals surface area contributed by atoms with Crippen LogP contribution < -0.4 is 5.56 Å². The van der Waals surface area contributed by atoms with Crippen LogP contribution in [0.4, 0.5) is 0 Å². The van der Waals surface area contributed by atoms with Crippen molar-refractivity contribution in [3.05, 3.63) is 105 Å². The largest absolute Gasteiger partial charge is 0.458 e. The standard InChI is InChI=1S/C22H18ClNO5/c23-19-9-5-4-8-17(19)14-24-15-18(10-11-20(24)25)22(27)29-13-12-28-21(26)16-6-2-1-3-7-16/h1-11,15H,12-14H2. The Hall–Kier alpha value is -3.38. The van der Waals surface area contributed by atoms with Crippen molar-refractivity contribution in [1.29, 1.82) is 0 Å². The molecule has 0 radical (unpaired) electrons. The number of hydrogen-bond donors (Lipinski definition) is 0. The fraction of sp³-hybridized carbons (Fsp3) is 0.136. The third-order valence-electron chi connectivity index (χ3n) is 4.08. The molecule has 0 N–H and O–H groups in total. The van der Waals surface area contributed by atoms with E-state index in [1.54, 1.807) is 48.5 Å². The van der Waals surface area contributed by atoms with Gasteiger partial charge in [0.25, 0.3) is 5.56 Å². The van der Waals surface area contributed by atoms with Crippen LogP contribution in [0.1, 0.15) is 26.3 Å². The Bertz CT molecular complexity index is 1060. The number of nitrogens with zero attached hydrogens (tertiary/aromatic N) is 1. The summed E-state index contributed by atoms with van der Waals surface area (Å²) >= 11 is 6.13. The van der Waals surface area contributed by atoms with E-state index < -0.39 is 11.9 Å². The van der Waals surface area contributed by atoms with Gasteiger partial charge in [-0.2, -0.15) is 0 Å². The second kappa shape index (κ2) is 9.71. The predicted octanol–water partition coefficient (Wildman–Crippen LogP) is 3.56. The Labute approximate surface area is 172 Å². The smallest absolute Gasteiger partial charge is 0.339 e. The van der Waals surface area contributed by atoms with Gasteiger partial charge in [0.05, 0.1) is 17.7 Å². The Morgan fingerprint density at radius 1 is 0.793 bits per heavy atom. The van der Waals surface area contributed by atoms with Gasteiger partial charge in [-0.3, -0.25) is 4.79 Å². The lowest BCUT2D eigenvalue weighted by molar-refractivity contribution is 0.0265. The van der Waals surface area contributed by atoms with Crippen molar-refractivity contribution in [2.45, 2.75) is 6.54 Å². The second-order valence-corrected chi connectivity index (χ2v) is 6.52. The Morgan fingerprint density at radius 2 is 1.41 bits per heavy atom. The maximum atomic E-state index is 12.2. The van der Waals surface area contributed by atoms with Gasteiger partial charge in [-0.15, -0.1) is 0 Å². The zero-order valence-corrected chi connectivity index (χ0v) is 16.2. The molecule has 0 atom stereocenters. The molecule has 3 aromatic rings. The molecule has 29 heavy (non-hydrogen) atoms. The van der Waals surface area contributed by atoms with Gasteiger partial charge in [0.2, 0.25) is 0 Å². The van der Waals surface area contributed by atoms with Gasteiger partial charge < -0.3 is 14.0 Å². The average Bonchev–Trinajstić information content (AvgIpc) is 2.74. The van der Waals surface area contributed by atoms with Gasteiger partial charge in [-0.1, -0.05) is 48.0 Å². The van der Waals surface area contributed by atoms with Crippen molar-refractivity contribution in [2.75, 3.05) is 13.2 Å². The van der Waals surface area contributed by atoms with E-state index in [0.717, 1.165) is 5.56 Å². The Kier molecular flexibility index (Phi) is 6.81. The van der Waals surface area contributed by atoms with Crippen LogP contribution in [0.5, 0.6) is 0 Å². The summed E-state index contributed by atoms with van der Waals surface area (Å²) in [5, 5.41) is 0.535. The van der Waals surface area contributed by atoms with Gasteiger partial charge in [0, 0.05) is 17.3 Å². The monoisotopic (exact) mass is 411 g/mol. The van der Waals surface area contributed by atoms with E-state index >= 15 is 0 Å². The van der Waals surface area contributed by atoms with Gasteiger partial charge in [-0.25, -0.2) is 9.59 Å². The molecule has 3 rings (SSSR count). The zero-order valence-electron chi connectivity index (χ0n) is 15.4. The van der Waals surface area contributed by atoms with E-state index in [1.165, 1.54) is 22.9 Å². The first-order valence-corrected chi connectivity index (χ1v) is 9.25. The molecule has 0 aliphatic carbocycles. The van der Waals surface area contributed by atoms with Crippen LogP contribution >= 0.6 is 11.6 Å². The highest BCUT2D eigenvalue weighted by Crippen LogP contribution is 2.15. The number of esters is 2. The van der Waals surface area contributed by atoms with E-state index in [1.807, 2.05) is 6.07 Å². The zero-order chi connectivity index (χ0) is 20.6. The molecule has 1 aromatic heterocycles. The first kappa shape index (κ1) is 20.4. The number of aromatic nitrogens is 1. The molecule has 0 fully saturated rings. The van der Waals surface area contributed by atoms with Gasteiger partial charge in [0.1, 0.15) is 13.2 Å². The van der Waals surface area contributed by atoms with Crippen LogP contribution in [-0.4, -0.2) is 29.7 Å². The van der Waals surface area contributed by atoms with Crippen molar-refractivity contribution >= 4 is 23.5 Å². The quantitative estimate of drug-likeness (QED) is 0.439. The molecule has 6 nitrogen and oxygen atoms in total. The van der Waals surface area contributed by atoms with Crippen LogP contribution in [0, 0.1) is 0 Å². The van der Waals surface area contributed by atoms with Crippen LogP contribution in [0.25, 0.3) is 0 Å². The van der Waals surface area contributed by atoms with E-state index in [2.05, 4.69) is 0 Å². The van der Waals surface area contributed by atoms with E-state index in [-0.39, 0.29) is 30.9 Å². The molecule has 0 aliphatic heterocycles. The molecule has 0 amide bonds. The van der Waals surface area contributed by atoms with Crippen molar-refractivity contribution < 1.29 is 19.1 Å². The van der Waals surface area contributed by atoms with Crippen molar-refractivity contribution in [2.24, 2.45) is 0 Å². The van der Waals surface area contributed by atoms with Crippen molar-refractivity contribution in [3.8, 4) is 0 Å². The molecule has 0 aliphatic rings. The first-order valence-electron chi connectivity index (χ1n) is 8.88. The number of ether oxygens (including phenoxy) is 2. The average molecular weight is 412 g/mol. The lowest BCUT2D eigenvalue weighted by Gasteiger charge is -2.10. The third-order valence-corrected chi connectivity index (χ3v) is 4.45. The SMILES string of the molecule is O=C(OCCOC(=O)c1ccc(=O)n(Cc2ccccc2Cl)c1)c1ccccc1. The number of benzene rings is 2. The number of rotatable bonds is 7. The lowest BCUT2D eigenvalue weighted by atomic mass is 10.2. The van der Waals surface area contributed by atoms with E-state index in [0.29, 0.717) is 10.6 Å². The maximum Gasteiger partial charge on any atom is 0.339 e. The van der Waals surface area contributed by atoms with E-state index in [9.17, 15) is 14.4 Å². The molecule has 1 heterocycles. The van der Waals surface area contributed by atoms with Crippen LogP contribution in [-0.2, 0) is 16.0 Å². The third kappa shape index (κ3) is 5.56. The second-order valence-electron chi connectivity index (χ2n) is 6.11. The lowest BCUT2D eigenvalue weighted by Crippen LogP contribution is -2.22. The molecule has 0 saturated carbocycles. The highest BCUT2D eigenvalue weighted by Gasteiger charge is 2.11. The number of hydrogen-bond acceptors (Lipinski definition) is 5. The van der Waals surface area contributed by atoms with Crippen LogP contribution in [0.3, 0.4) is 0 Å². The van der Waals surface area contributed by atoms with E-state index in [4.69, 9.17) is 21.1 Å². The minimum atomic E-state index is -0.617. The summed E-state index contributed by atoms with van der Waals surface area (Å²) in [4.78, 5) is 36.2. The predicted molar refractivity (Wildman–Crippen MR) is 108 cm³/mol. The van der Waals surface area contributed by atoms with Crippen LogP contribution in [0.2, 0.25) is 5.02 Å².